The number of guanidine groups is 1. The number of nitrogens with one attached hydrogen (secondary N) is 3. The minimum absolute atomic E-state index is 0.0000612. The molecule has 0 saturated heterocycles. The molecular formula is C20H26Cl2N6O. The predicted octanol–water partition coefficient (Wildman–Crippen LogP) is 2.91. The van der Waals surface area contributed by atoms with Crippen molar-refractivity contribution >= 4 is 40.9 Å². The number of halogens is 2. The number of hydrogen-bond donors (Lipinski definition) is 3. The van der Waals surface area contributed by atoms with E-state index in [2.05, 4.69) is 25.9 Å². The van der Waals surface area contributed by atoms with Crippen LogP contribution in [0.1, 0.15) is 15.9 Å². The zero-order valence-corrected chi connectivity index (χ0v) is 18.3. The van der Waals surface area contributed by atoms with E-state index < -0.39 is 0 Å². The van der Waals surface area contributed by atoms with Crippen molar-refractivity contribution in [3.8, 4) is 0 Å². The van der Waals surface area contributed by atoms with Gasteiger partial charge in [0.15, 0.2) is 5.96 Å². The highest BCUT2D eigenvalue weighted by atomic mass is 35.5. The maximum Gasteiger partial charge on any atom is 0.253 e. The van der Waals surface area contributed by atoms with Crippen LogP contribution in [0.3, 0.4) is 0 Å². The SMILES string of the molecule is CN=C(NCCNc1ncc(Cl)cc1Cl)NCCc1cccc(C(=O)N(C)C)c1. The summed E-state index contributed by atoms with van der Waals surface area (Å²) in [6.45, 7) is 1.94. The third-order valence-electron chi connectivity index (χ3n) is 4.03. The number of pyridine rings is 1. The van der Waals surface area contributed by atoms with E-state index >= 15 is 0 Å². The first-order valence-corrected chi connectivity index (χ1v) is 9.96. The Bertz CT molecular complexity index is 857. The Kier molecular flexibility index (Phi) is 9.02. The monoisotopic (exact) mass is 436 g/mol. The fourth-order valence-corrected chi connectivity index (χ4v) is 3.02. The molecule has 0 spiro atoms. The highest BCUT2D eigenvalue weighted by Crippen LogP contribution is 2.21. The summed E-state index contributed by atoms with van der Waals surface area (Å²) in [6.07, 6.45) is 2.32. The van der Waals surface area contributed by atoms with E-state index in [4.69, 9.17) is 23.2 Å². The largest absolute Gasteiger partial charge is 0.367 e. The van der Waals surface area contributed by atoms with Crippen LogP contribution in [0.2, 0.25) is 10.0 Å². The van der Waals surface area contributed by atoms with Crippen LogP contribution in [0.5, 0.6) is 0 Å². The molecule has 2 rings (SSSR count). The van der Waals surface area contributed by atoms with Crippen LogP contribution in [-0.2, 0) is 6.42 Å². The molecule has 0 radical (unpaired) electrons. The third kappa shape index (κ3) is 7.44. The molecule has 1 amide bonds. The Morgan fingerprint density at radius 1 is 1.14 bits per heavy atom. The normalized spacial score (nSPS) is 11.1. The maximum atomic E-state index is 12.1. The highest BCUT2D eigenvalue weighted by molar-refractivity contribution is 6.35. The summed E-state index contributed by atoms with van der Waals surface area (Å²) in [7, 11) is 5.22. The topological polar surface area (TPSA) is 81.6 Å². The van der Waals surface area contributed by atoms with E-state index in [1.807, 2.05) is 24.3 Å². The van der Waals surface area contributed by atoms with Gasteiger partial charge in [-0.25, -0.2) is 4.98 Å². The van der Waals surface area contributed by atoms with Crippen molar-refractivity contribution in [2.24, 2.45) is 4.99 Å². The molecule has 0 aliphatic heterocycles. The first-order valence-electron chi connectivity index (χ1n) is 9.20. The minimum Gasteiger partial charge on any atom is -0.367 e. The average molecular weight is 437 g/mol. The summed E-state index contributed by atoms with van der Waals surface area (Å²) < 4.78 is 0. The Hall–Kier alpha value is -2.51. The molecule has 0 atom stereocenters. The second-order valence-corrected chi connectivity index (χ2v) is 7.33. The number of aromatic nitrogens is 1. The number of rotatable bonds is 8. The first kappa shape index (κ1) is 22.8. The van der Waals surface area contributed by atoms with Crippen molar-refractivity contribution in [1.29, 1.82) is 0 Å². The molecule has 0 aliphatic rings. The van der Waals surface area contributed by atoms with Gasteiger partial charge < -0.3 is 20.9 Å². The van der Waals surface area contributed by atoms with Gasteiger partial charge in [0.05, 0.1) is 10.0 Å². The predicted molar refractivity (Wildman–Crippen MR) is 120 cm³/mol. The summed E-state index contributed by atoms with van der Waals surface area (Å²) in [5, 5.41) is 10.6. The van der Waals surface area contributed by atoms with Gasteiger partial charge in [0.2, 0.25) is 0 Å². The standard InChI is InChI=1S/C20H26Cl2N6O/c1-23-20(26-10-9-24-18-17(22)12-16(21)13-27-18)25-8-7-14-5-4-6-15(11-14)19(29)28(2)3/h4-6,11-13H,7-10H2,1-3H3,(H,24,27)(H2,23,25,26). The number of hydrogen-bond acceptors (Lipinski definition) is 4. The molecule has 29 heavy (non-hydrogen) atoms. The van der Waals surface area contributed by atoms with E-state index in [-0.39, 0.29) is 5.91 Å². The van der Waals surface area contributed by atoms with Crippen molar-refractivity contribution in [3.63, 3.8) is 0 Å². The van der Waals surface area contributed by atoms with Gasteiger partial charge in [0.1, 0.15) is 5.82 Å². The van der Waals surface area contributed by atoms with Crippen LogP contribution >= 0.6 is 23.2 Å². The third-order valence-corrected chi connectivity index (χ3v) is 4.52. The van der Waals surface area contributed by atoms with Gasteiger partial charge in [-0.3, -0.25) is 9.79 Å². The summed E-state index contributed by atoms with van der Waals surface area (Å²) in [4.78, 5) is 22.0. The Balaban J connectivity index is 1.74. The molecule has 0 unspecified atom stereocenters. The van der Waals surface area contributed by atoms with Crippen LogP contribution < -0.4 is 16.0 Å². The zero-order chi connectivity index (χ0) is 21.2. The molecule has 1 heterocycles. The fourth-order valence-electron chi connectivity index (χ4n) is 2.57. The van der Waals surface area contributed by atoms with Crippen molar-refractivity contribution in [2.75, 3.05) is 46.1 Å². The van der Waals surface area contributed by atoms with Crippen LogP contribution in [-0.4, -0.2) is 62.5 Å². The quantitative estimate of drug-likeness (QED) is 0.336. The lowest BCUT2D eigenvalue weighted by molar-refractivity contribution is 0.0827. The van der Waals surface area contributed by atoms with Gasteiger partial charge in [-0.1, -0.05) is 35.3 Å². The molecule has 1 aromatic carbocycles. The molecule has 9 heteroatoms. The van der Waals surface area contributed by atoms with Crippen molar-refractivity contribution < 1.29 is 4.79 Å². The second kappa shape index (κ2) is 11.5. The van der Waals surface area contributed by atoms with Crippen molar-refractivity contribution in [3.05, 3.63) is 57.7 Å². The fraction of sp³-hybridized carbons (Fsp3) is 0.350. The molecule has 0 fully saturated rings. The van der Waals surface area contributed by atoms with Gasteiger partial charge in [-0.2, -0.15) is 0 Å². The van der Waals surface area contributed by atoms with Crippen LogP contribution in [0.15, 0.2) is 41.5 Å². The highest BCUT2D eigenvalue weighted by Gasteiger charge is 2.08. The number of aliphatic imine (C=N–C) groups is 1. The van der Waals surface area contributed by atoms with Crippen molar-refractivity contribution in [1.82, 2.24) is 20.5 Å². The smallest absolute Gasteiger partial charge is 0.253 e. The van der Waals surface area contributed by atoms with E-state index in [1.54, 1.807) is 38.3 Å². The Labute approximate surface area is 181 Å². The van der Waals surface area contributed by atoms with Gasteiger partial charge in [-0.05, 0) is 30.2 Å². The molecule has 0 aliphatic carbocycles. The summed E-state index contributed by atoms with van der Waals surface area (Å²) >= 11 is 11.9. The van der Waals surface area contributed by atoms with Crippen molar-refractivity contribution in [2.45, 2.75) is 6.42 Å². The van der Waals surface area contributed by atoms with Gasteiger partial charge in [0.25, 0.3) is 5.91 Å². The zero-order valence-electron chi connectivity index (χ0n) is 16.8. The number of nitrogens with zero attached hydrogens (tertiary/aromatic N) is 3. The minimum atomic E-state index is 0.0000612. The molecular weight excluding hydrogens is 411 g/mol. The number of carbonyl (C=O) groups is 1. The number of anilines is 1. The van der Waals surface area contributed by atoms with Crippen LogP contribution in [0.25, 0.3) is 0 Å². The Morgan fingerprint density at radius 2 is 1.90 bits per heavy atom. The molecule has 7 nitrogen and oxygen atoms in total. The summed E-state index contributed by atoms with van der Waals surface area (Å²) in [6, 6.07) is 9.31. The van der Waals surface area contributed by atoms with E-state index in [9.17, 15) is 4.79 Å². The van der Waals surface area contributed by atoms with Gasteiger partial charge >= 0.3 is 0 Å². The van der Waals surface area contributed by atoms with E-state index in [0.29, 0.717) is 47.0 Å². The summed E-state index contributed by atoms with van der Waals surface area (Å²) in [5.41, 5.74) is 1.78. The van der Waals surface area contributed by atoms with E-state index in [0.717, 1.165) is 12.0 Å². The molecule has 3 N–H and O–H groups in total. The summed E-state index contributed by atoms with van der Waals surface area (Å²) in [5.74, 6) is 1.29. The molecule has 1 aromatic heterocycles. The van der Waals surface area contributed by atoms with E-state index in [1.165, 1.54) is 0 Å². The lowest BCUT2D eigenvalue weighted by Crippen LogP contribution is -2.40. The van der Waals surface area contributed by atoms with Gasteiger partial charge in [0, 0.05) is 52.5 Å². The molecule has 156 valence electrons. The maximum absolute atomic E-state index is 12.1. The number of benzene rings is 1. The lowest BCUT2D eigenvalue weighted by atomic mass is 10.1. The molecule has 0 bridgehead atoms. The second-order valence-electron chi connectivity index (χ2n) is 6.49. The molecule has 2 aromatic rings. The lowest BCUT2D eigenvalue weighted by Gasteiger charge is -2.14. The van der Waals surface area contributed by atoms with Gasteiger partial charge in [-0.15, -0.1) is 0 Å². The number of amides is 1. The number of carbonyl (C=O) groups excluding carboxylic acids is 1. The molecule has 0 saturated carbocycles. The Morgan fingerprint density at radius 3 is 2.59 bits per heavy atom. The van der Waals surface area contributed by atoms with Crippen LogP contribution in [0, 0.1) is 0 Å². The van der Waals surface area contributed by atoms with Crippen LogP contribution in [0.4, 0.5) is 5.82 Å². The first-order chi connectivity index (χ1) is 13.9. The average Bonchev–Trinajstić information content (AvgIpc) is 2.70.